The van der Waals surface area contributed by atoms with Gasteiger partial charge in [0.2, 0.25) is 0 Å². The van der Waals surface area contributed by atoms with Crippen molar-refractivity contribution in [3.8, 4) is 44.5 Å². The number of hydrogen-bond donors (Lipinski definition) is 0. The Balaban J connectivity index is 1.52. The number of benzene rings is 9. The van der Waals surface area contributed by atoms with Gasteiger partial charge in [0, 0.05) is 16.3 Å². The lowest BCUT2D eigenvalue weighted by Gasteiger charge is -2.21. The summed E-state index contributed by atoms with van der Waals surface area (Å²) >= 11 is 0. The summed E-state index contributed by atoms with van der Waals surface area (Å²) in [5.41, 5.74) is 3.16. The van der Waals surface area contributed by atoms with E-state index >= 15 is 0 Å². The predicted octanol–water partition coefficient (Wildman–Crippen LogP) is 13.7. The van der Waals surface area contributed by atoms with Crippen LogP contribution in [0.15, 0.2) is 186 Å². The maximum absolute atomic E-state index is 9.67. The standard InChI is InChI=1S/C48H30O/c1-3-15-31(16-4-1)36-28-27-33-19-7-8-20-35(33)46(36)47-40-24-11-9-22-38(40)45(39-23-10-12-25-41(39)47)34-29-42(32-17-5-2-6-18-32)48-43(30-34)37-21-13-14-26-44(37)49-48/h1-30H/i1D,3D,4D,9D,10D,11D,12D,15D,16D,22D,23D,24D,25D. The lowest BCUT2D eigenvalue weighted by molar-refractivity contribution is 0.670. The first-order chi connectivity index (χ1) is 29.7. The first-order valence-electron chi connectivity index (χ1n) is 22.3. The smallest absolute Gasteiger partial charge is 0.143 e. The zero-order chi connectivity index (χ0) is 43.6. The van der Waals surface area contributed by atoms with Crippen molar-refractivity contribution in [1.29, 1.82) is 0 Å². The second-order valence-electron chi connectivity index (χ2n) is 11.8. The molecule has 0 aliphatic rings. The second kappa shape index (κ2) is 11.1. The van der Waals surface area contributed by atoms with E-state index in [-0.39, 0.29) is 49.4 Å². The third-order valence-electron chi connectivity index (χ3n) is 9.18. The lowest BCUT2D eigenvalue weighted by Crippen LogP contribution is -1.94. The molecule has 228 valence electrons. The van der Waals surface area contributed by atoms with Gasteiger partial charge in [0.05, 0.1) is 17.8 Å². The monoisotopic (exact) mass is 635 g/mol. The van der Waals surface area contributed by atoms with E-state index in [9.17, 15) is 5.48 Å². The molecule has 10 aromatic rings. The highest BCUT2D eigenvalue weighted by Gasteiger charge is 2.22. The Kier molecular flexibility index (Phi) is 3.99. The first-order valence-corrected chi connectivity index (χ1v) is 15.8. The van der Waals surface area contributed by atoms with Crippen molar-refractivity contribution >= 4 is 54.3 Å². The molecule has 1 aromatic heterocycles. The molecular formula is C48H30O. The van der Waals surface area contributed by atoms with Crippen molar-refractivity contribution in [2.75, 3.05) is 0 Å². The molecule has 1 heteroatoms. The van der Waals surface area contributed by atoms with Crippen molar-refractivity contribution in [2.45, 2.75) is 0 Å². The Hall–Kier alpha value is -6.44. The molecule has 0 fully saturated rings. The van der Waals surface area contributed by atoms with Crippen LogP contribution in [-0.2, 0) is 0 Å². The maximum Gasteiger partial charge on any atom is 0.143 e. The van der Waals surface area contributed by atoms with Crippen LogP contribution in [0.1, 0.15) is 17.8 Å². The molecule has 0 saturated carbocycles. The molecule has 0 bridgehead atoms. The summed E-state index contributed by atoms with van der Waals surface area (Å²) in [6, 6.07) is 23.8. The van der Waals surface area contributed by atoms with Gasteiger partial charge in [-0.15, -0.1) is 0 Å². The lowest BCUT2D eigenvalue weighted by atomic mass is 9.81. The number of para-hydroxylation sites is 1. The molecule has 0 aliphatic heterocycles. The van der Waals surface area contributed by atoms with E-state index in [0.717, 1.165) is 10.9 Å². The van der Waals surface area contributed by atoms with Crippen molar-refractivity contribution in [3.63, 3.8) is 0 Å². The molecule has 0 unspecified atom stereocenters. The summed E-state index contributed by atoms with van der Waals surface area (Å²) in [5, 5.41) is 2.28. The average Bonchev–Trinajstić information content (AvgIpc) is 3.67. The molecule has 0 atom stereocenters. The Morgan fingerprint density at radius 2 is 0.980 bits per heavy atom. The second-order valence-corrected chi connectivity index (χ2v) is 11.8. The Morgan fingerprint density at radius 1 is 0.367 bits per heavy atom. The third kappa shape index (κ3) is 4.33. The van der Waals surface area contributed by atoms with Gasteiger partial charge < -0.3 is 4.42 Å². The van der Waals surface area contributed by atoms with E-state index in [0.29, 0.717) is 38.5 Å². The van der Waals surface area contributed by atoms with Crippen LogP contribution in [0.5, 0.6) is 0 Å². The number of rotatable bonds is 4. The average molecular weight is 636 g/mol. The third-order valence-corrected chi connectivity index (χ3v) is 9.18. The van der Waals surface area contributed by atoms with Crippen LogP contribution in [0, 0.1) is 0 Å². The van der Waals surface area contributed by atoms with E-state index in [4.69, 9.17) is 16.8 Å². The van der Waals surface area contributed by atoms with Crippen LogP contribution in [0.25, 0.3) is 98.8 Å². The zero-order valence-electron chi connectivity index (χ0n) is 38.7. The number of hydrogen-bond acceptors (Lipinski definition) is 1. The van der Waals surface area contributed by atoms with Crippen LogP contribution in [0.4, 0.5) is 0 Å². The summed E-state index contributed by atoms with van der Waals surface area (Å²) in [5.74, 6) is 0. The molecule has 0 aliphatic carbocycles. The molecule has 49 heavy (non-hydrogen) atoms. The Bertz CT molecular complexity index is 3510. The molecule has 0 amide bonds. The zero-order valence-corrected chi connectivity index (χ0v) is 25.7. The summed E-state index contributed by atoms with van der Waals surface area (Å²) in [7, 11) is 0. The molecule has 1 heterocycles. The molecule has 0 N–H and O–H groups in total. The van der Waals surface area contributed by atoms with Crippen LogP contribution in [-0.4, -0.2) is 0 Å². The van der Waals surface area contributed by atoms with Gasteiger partial charge in [0.25, 0.3) is 0 Å². The van der Waals surface area contributed by atoms with E-state index in [2.05, 4.69) is 0 Å². The van der Waals surface area contributed by atoms with Crippen LogP contribution < -0.4 is 0 Å². The van der Waals surface area contributed by atoms with Crippen molar-refractivity contribution in [1.82, 2.24) is 0 Å². The normalized spacial score (nSPS) is 15.4. The van der Waals surface area contributed by atoms with E-state index in [1.54, 1.807) is 36.4 Å². The van der Waals surface area contributed by atoms with Gasteiger partial charge >= 0.3 is 0 Å². The van der Waals surface area contributed by atoms with E-state index in [1.807, 2.05) is 66.7 Å². The van der Waals surface area contributed by atoms with Gasteiger partial charge in [-0.1, -0.05) is 163 Å². The van der Waals surface area contributed by atoms with Crippen LogP contribution in [0.3, 0.4) is 0 Å². The van der Waals surface area contributed by atoms with Gasteiger partial charge in [-0.2, -0.15) is 0 Å². The largest absolute Gasteiger partial charge is 0.455 e. The van der Waals surface area contributed by atoms with E-state index < -0.39 is 78.6 Å². The maximum atomic E-state index is 9.67. The molecule has 0 saturated heterocycles. The molecule has 0 spiro atoms. The van der Waals surface area contributed by atoms with Crippen molar-refractivity contribution in [2.24, 2.45) is 0 Å². The fraction of sp³-hybridized carbons (Fsp3) is 0. The highest BCUT2D eigenvalue weighted by molar-refractivity contribution is 6.26. The highest BCUT2D eigenvalue weighted by atomic mass is 16.3. The number of furan rings is 1. The van der Waals surface area contributed by atoms with E-state index in [1.165, 1.54) is 0 Å². The van der Waals surface area contributed by atoms with Crippen LogP contribution >= 0.6 is 0 Å². The molecule has 1 nitrogen and oxygen atoms in total. The topological polar surface area (TPSA) is 13.1 Å². The minimum absolute atomic E-state index is 0.00511. The molecule has 0 radical (unpaired) electrons. The number of fused-ring (bicyclic) bond motifs is 6. The molecular weight excluding hydrogens is 593 g/mol. The first kappa shape index (κ1) is 17.6. The van der Waals surface area contributed by atoms with Crippen molar-refractivity contribution < 1.29 is 22.2 Å². The minimum Gasteiger partial charge on any atom is -0.455 e. The summed E-state index contributed by atoms with van der Waals surface area (Å²) in [6.07, 6.45) is 0. The summed E-state index contributed by atoms with van der Waals surface area (Å²) < 4.78 is 125. The van der Waals surface area contributed by atoms with Gasteiger partial charge in [-0.25, -0.2) is 0 Å². The van der Waals surface area contributed by atoms with Gasteiger partial charge in [-0.3, -0.25) is 0 Å². The van der Waals surface area contributed by atoms with Gasteiger partial charge in [0.1, 0.15) is 11.2 Å². The van der Waals surface area contributed by atoms with Crippen LogP contribution in [0.2, 0.25) is 0 Å². The SMILES string of the molecule is [2H]c1c([2H])c([2H])c(-c2ccc3ccccc3c2-c2c3c([2H])c([2H])c([2H])c([2H])c3c(-c3cc(-c4ccccc4)c4oc5ccccc5c4c3)c3c([2H])c([2H])c([2H])c([2H])c23)c([2H])c1[2H]. The van der Waals surface area contributed by atoms with Crippen molar-refractivity contribution in [3.05, 3.63) is 182 Å². The minimum atomic E-state index is -0.605. The fourth-order valence-corrected chi connectivity index (χ4v) is 7.10. The summed E-state index contributed by atoms with van der Waals surface area (Å²) in [4.78, 5) is 0. The predicted molar refractivity (Wildman–Crippen MR) is 208 cm³/mol. The molecule has 10 rings (SSSR count). The Morgan fingerprint density at radius 3 is 1.71 bits per heavy atom. The highest BCUT2D eigenvalue weighted by Crippen LogP contribution is 2.49. The Labute approximate surface area is 302 Å². The van der Waals surface area contributed by atoms with Gasteiger partial charge in [-0.05, 0) is 89.5 Å². The molecule has 9 aromatic carbocycles. The summed E-state index contributed by atoms with van der Waals surface area (Å²) in [6.45, 7) is 0. The quantitative estimate of drug-likeness (QED) is 0.175. The fourth-order valence-electron chi connectivity index (χ4n) is 7.10. The van der Waals surface area contributed by atoms with Gasteiger partial charge in [0.15, 0.2) is 0 Å².